The first-order valence-corrected chi connectivity index (χ1v) is 5.23. The summed E-state index contributed by atoms with van der Waals surface area (Å²) in [6.45, 7) is 5.74. The maximum atomic E-state index is 9.87. The van der Waals surface area contributed by atoms with Crippen LogP contribution in [0.15, 0.2) is 54.6 Å². The number of hydrogen-bond donors (Lipinski definition) is 1. The highest BCUT2D eigenvalue weighted by Crippen LogP contribution is 2.17. The summed E-state index contributed by atoms with van der Waals surface area (Å²) in [7, 11) is 0. The zero-order valence-corrected chi connectivity index (χ0v) is 9.19. The number of hydrogen-bond acceptors (Lipinski definition) is 1. The van der Waals surface area contributed by atoms with Gasteiger partial charge in [0, 0.05) is 0 Å². The molecule has 1 rings (SSSR count). The van der Waals surface area contributed by atoms with Crippen LogP contribution in [0.2, 0.25) is 0 Å². The highest BCUT2D eigenvalue weighted by Gasteiger charge is 2.03. The van der Waals surface area contributed by atoms with Gasteiger partial charge in [-0.15, -0.1) is 6.58 Å². The molecule has 0 spiro atoms. The van der Waals surface area contributed by atoms with Crippen LogP contribution >= 0.6 is 0 Å². The summed E-state index contributed by atoms with van der Waals surface area (Å²) >= 11 is 0. The molecule has 0 amide bonds. The Morgan fingerprint density at radius 1 is 1.40 bits per heavy atom. The molecule has 0 saturated heterocycles. The van der Waals surface area contributed by atoms with Crippen LogP contribution in [0.25, 0.3) is 0 Å². The van der Waals surface area contributed by atoms with E-state index >= 15 is 0 Å². The number of aliphatic hydroxyl groups is 1. The molecule has 0 bridgehead atoms. The van der Waals surface area contributed by atoms with Gasteiger partial charge in [0.25, 0.3) is 0 Å². The van der Waals surface area contributed by atoms with Gasteiger partial charge in [-0.2, -0.15) is 0 Å². The van der Waals surface area contributed by atoms with Crippen LogP contribution in [-0.2, 0) is 0 Å². The summed E-state index contributed by atoms with van der Waals surface area (Å²) < 4.78 is 0. The van der Waals surface area contributed by atoms with Crippen molar-refractivity contribution in [2.45, 2.75) is 25.9 Å². The fourth-order valence-electron chi connectivity index (χ4n) is 1.44. The maximum Gasteiger partial charge on any atom is 0.0824 e. The third-order valence-electron chi connectivity index (χ3n) is 2.34. The average Bonchev–Trinajstić information content (AvgIpc) is 2.27. The molecule has 0 aliphatic carbocycles. The van der Waals surface area contributed by atoms with E-state index in [9.17, 15) is 5.11 Å². The van der Waals surface area contributed by atoms with Crippen molar-refractivity contribution >= 4 is 0 Å². The molecule has 1 atom stereocenters. The molecule has 0 heterocycles. The lowest BCUT2D eigenvalue weighted by atomic mass is 10.0. The molecular weight excluding hydrogens is 184 g/mol. The van der Waals surface area contributed by atoms with E-state index in [1.54, 1.807) is 0 Å². The first-order valence-electron chi connectivity index (χ1n) is 5.23. The molecule has 1 aromatic carbocycles. The van der Waals surface area contributed by atoms with Gasteiger partial charge in [0.05, 0.1) is 6.10 Å². The van der Waals surface area contributed by atoms with Crippen LogP contribution in [0.5, 0.6) is 0 Å². The van der Waals surface area contributed by atoms with E-state index in [4.69, 9.17) is 0 Å². The molecule has 15 heavy (non-hydrogen) atoms. The van der Waals surface area contributed by atoms with Crippen LogP contribution in [0.4, 0.5) is 0 Å². The zero-order valence-electron chi connectivity index (χ0n) is 9.19. The minimum Gasteiger partial charge on any atom is -0.388 e. The van der Waals surface area contributed by atoms with E-state index < -0.39 is 6.10 Å². The maximum absolute atomic E-state index is 9.87. The fraction of sp³-hybridized carbons (Fsp3) is 0.286. The summed E-state index contributed by atoms with van der Waals surface area (Å²) in [6, 6.07) is 9.73. The smallest absolute Gasteiger partial charge is 0.0824 e. The Hall–Kier alpha value is -1.34. The summed E-state index contributed by atoms with van der Waals surface area (Å²) in [5.74, 6) is 0. The minimum absolute atomic E-state index is 0.397. The van der Waals surface area contributed by atoms with Gasteiger partial charge in [-0.1, -0.05) is 48.1 Å². The molecule has 1 nitrogen and oxygen atoms in total. The van der Waals surface area contributed by atoms with Crippen LogP contribution < -0.4 is 0 Å². The van der Waals surface area contributed by atoms with Crippen LogP contribution in [0, 0.1) is 0 Å². The average molecular weight is 202 g/mol. The van der Waals surface area contributed by atoms with Crippen molar-refractivity contribution in [2.75, 3.05) is 0 Å². The SMILES string of the molecule is C=CC/C(C)=C/C[C@H](O)c1ccccc1. The number of rotatable bonds is 5. The molecular formula is C14H18O. The zero-order chi connectivity index (χ0) is 11.1. The first kappa shape index (κ1) is 11.7. The van der Waals surface area contributed by atoms with Crippen LogP contribution in [0.1, 0.15) is 31.4 Å². The predicted octanol–water partition coefficient (Wildman–Crippen LogP) is 3.63. The third kappa shape index (κ3) is 4.13. The van der Waals surface area contributed by atoms with Gasteiger partial charge < -0.3 is 5.11 Å². The van der Waals surface area contributed by atoms with Crippen molar-refractivity contribution in [1.29, 1.82) is 0 Å². The van der Waals surface area contributed by atoms with E-state index in [1.165, 1.54) is 5.57 Å². The predicted molar refractivity (Wildman–Crippen MR) is 64.6 cm³/mol. The van der Waals surface area contributed by atoms with E-state index in [-0.39, 0.29) is 0 Å². The summed E-state index contributed by atoms with van der Waals surface area (Å²) in [4.78, 5) is 0. The molecule has 0 aromatic heterocycles. The lowest BCUT2D eigenvalue weighted by molar-refractivity contribution is 0.181. The summed E-state index contributed by atoms with van der Waals surface area (Å²) in [5, 5.41) is 9.87. The monoisotopic (exact) mass is 202 g/mol. The second kappa shape index (κ2) is 6.20. The Bertz CT molecular complexity index is 324. The molecule has 0 aliphatic rings. The lowest BCUT2D eigenvalue weighted by Crippen LogP contribution is -1.95. The van der Waals surface area contributed by atoms with E-state index in [1.807, 2.05) is 36.4 Å². The second-order valence-electron chi connectivity index (χ2n) is 3.71. The Morgan fingerprint density at radius 2 is 2.07 bits per heavy atom. The Morgan fingerprint density at radius 3 is 2.67 bits per heavy atom. The molecule has 0 fully saturated rings. The molecule has 0 radical (unpaired) electrons. The molecule has 1 aromatic rings. The molecule has 1 N–H and O–H groups in total. The summed E-state index contributed by atoms with van der Waals surface area (Å²) in [6.07, 6.45) is 5.11. The fourth-order valence-corrected chi connectivity index (χ4v) is 1.44. The normalized spacial score (nSPS) is 13.6. The van der Waals surface area contributed by atoms with Crippen LogP contribution in [0.3, 0.4) is 0 Å². The van der Waals surface area contributed by atoms with Gasteiger partial charge in [0.1, 0.15) is 0 Å². The van der Waals surface area contributed by atoms with Gasteiger partial charge >= 0.3 is 0 Å². The van der Waals surface area contributed by atoms with Gasteiger partial charge in [0.2, 0.25) is 0 Å². The van der Waals surface area contributed by atoms with E-state index in [0.717, 1.165) is 12.0 Å². The standard InChI is InChI=1S/C14H18O/c1-3-7-12(2)10-11-14(15)13-8-5-4-6-9-13/h3-6,8-10,14-15H,1,7,11H2,2H3/b12-10+/t14-/m0/s1. The molecule has 80 valence electrons. The van der Waals surface area contributed by atoms with Gasteiger partial charge in [-0.05, 0) is 25.3 Å². The lowest BCUT2D eigenvalue weighted by Gasteiger charge is -2.08. The van der Waals surface area contributed by atoms with E-state index in [2.05, 4.69) is 19.6 Å². The van der Waals surface area contributed by atoms with Gasteiger partial charge in [-0.25, -0.2) is 0 Å². The first-order chi connectivity index (χ1) is 7.24. The molecule has 0 unspecified atom stereocenters. The number of benzene rings is 1. The van der Waals surface area contributed by atoms with Gasteiger partial charge in [-0.3, -0.25) is 0 Å². The minimum atomic E-state index is -0.397. The highest BCUT2D eigenvalue weighted by atomic mass is 16.3. The van der Waals surface area contributed by atoms with Crippen molar-refractivity contribution in [3.63, 3.8) is 0 Å². The number of allylic oxidation sites excluding steroid dienone is 2. The van der Waals surface area contributed by atoms with Crippen molar-refractivity contribution in [1.82, 2.24) is 0 Å². The Balaban J connectivity index is 2.53. The van der Waals surface area contributed by atoms with E-state index in [0.29, 0.717) is 6.42 Å². The molecule has 0 saturated carbocycles. The van der Waals surface area contributed by atoms with Crippen molar-refractivity contribution in [3.8, 4) is 0 Å². The largest absolute Gasteiger partial charge is 0.388 e. The topological polar surface area (TPSA) is 20.2 Å². The third-order valence-corrected chi connectivity index (χ3v) is 2.34. The van der Waals surface area contributed by atoms with Crippen molar-refractivity contribution in [3.05, 3.63) is 60.2 Å². The quantitative estimate of drug-likeness (QED) is 0.723. The highest BCUT2D eigenvalue weighted by molar-refractivity contribution is 5.18. The summed E-state index contributed by atoms with van der Waals surface area (Å²) in [5.41, 5.74) is 2.22. The second-order valence-corrected chi connectivity index (χ2v) is 3.71. The number of aliphatic hydroxyl groups excluding tert-OH is 1. The van der Waals surface area contributed by atoms with Crippen LogP contribution in [-0.4, -0.2) is 5.11 Å². The molecule has 0 aliphatic heterocycles. The van der Waals surface area contributed by atoms with Crippen molar-refractivity contribution < 1.29 is 5.11 Å². The van der Waals surface area contributed by atoms with Crippen molar-refractivity contribution in [2.24, 2.45) is 0 Å². The Kier molecular flexibility index (Phi) is 4.85. The van der Waals surface area contributed by atoms with Gasteiger partial charge in [0.15, 0.2) is 0 Å². The molecule has 1 heteroatoms. The Labute approximate surface area is 91.8 Å².